The van der Waals surface area contributed by atoms with E-state index in [4.69, 9.17) is 39.1 Å². The van der Waals surface area contributed by atoms with E-state index in [2.05, 4.69) is 10.5 Å². The van der Waals surface area contributed by atoms with Crippen molar-refractivity contribution in [3.05, 3.63) is 63.1 Å². The van der Waals surface area contributed by atoms with E-state index < -0.39 is 20.8 Å². The van der Waals surface area contributed by atoms with E-state index in [9.17, 15) is 13.2 Å². The highest BCUT2D eigenvalue weighted by atomic mass is 35.5. The van der Waals surface area contributed by atoms with Crippen LogP contribution in [0.4, 0.5) is 5.69 Å². The highest BCUT2D eigenvalue weighted by Gasteiger charge is 2.42. The van der Waals surface area contributed by atoms with Crippen LogP contribution in [0.15, 0.2) is 47.6 Å². The lowest BCUT2D eigenvalue weighted by Gasteiger charge is -2.35. The van der Waals surface area contributed by atoms with Gasteiger partial charge in [-0.2, -0.15) is 18.9 Å². The zero-order chi connectivity index (χ0) is 24.5. The first-order valence-corrected chi connectivity index (χ1v) is 13.7. The van der Waals surface area contributed by atoms with Gasteiger partial charge in [-0.05, 0) is 46.6 Å². The van der Waals surface area contributed by atoms with E-state index in [0.29, 0.717) is 33.8 Å². The van der Waals surface area contributed by atoms with Gasteiger partial charge in [0.25, 0.3) is 0 Å². The van der Waals surface area contributed by atoms with Crippen LogP contribution < -0.4 is 10.4 Å². The highest BCUT2D eigenvalue weighted by molar-refractivity contribution is 7.85. The predicted molar refractivity (Wildman–Crippen MR) is 133 cm³/mol. The Hall–Kier alpha value is -1.88. The number of benzene rings is 2. The first kappa shape index (κ1) is 25.2. The summed E-state index contributed by atoms with van der Waals surface area (Å²) in [5.41, 5.74) is 4.47. The van der Waals surface area contributed by atoms with Crippen LogP contribution in [0, 0.1) is 0 Å². The van der Waals surface area contributed by atoms with Gasteiger partial charge in [-0.1, -0.05) is 51.7 Å². The molecule has 8 nitrogen and oxygen atoms in total. The van der Waals surface area contributed by atoms with E-state index in [1.165, 1.54) is 0 Å². The maximum atomic E-state index is 13.3. The third-order valence-corrected chi connectivity index (χ3v) is 7.05. The molecule has 182 valence electrons. The predicted octanol–water partition coefficient (Wildman–Crippen LogP) is 4.88. The third kappa shape index (κ3) is 5.84. The molecule has 1 N–H and O–H groups in total. The Morgan fingerprint density at radius 1 is 1.06 bits per heavy atom. The Bertz CT molecular complexity index is 1220. The molecule has 2 aliphatic rings. The molecule has 1 fully saturated rings. The Morgan fingerprint density at radius 2 is 1.71 bits per heavy atom. The molecule has 0 aromatic heterocycles. The summed E-state index contributed by atoms with van der Waals surface area (Å²) in [5.74, 6) is -0.503. The van der Waals surface area contributed by atoms with E-state index in [1.54, 1.807) is 35.3 Å². The van der Waals surface area contributed by atoms with Gasteiger partial charge in [-0.15, -0.1) is 0 Å². The number of rotatable bonds is 6. The second kappa shape index (κ2) is 10.0. The average molecular weight is 547 g/mol. The van der Waals surface area contributed by atoms with Crippen LogP contribution in [-0.2, 0) is 19.2 Å². The molecule has 4 rings (SSSR count). The summed E-state index contributed by atoms with van der Waals surface area (Å²) in [6.07, 6.45) is 3.63. The average Bonchev–Trinajstić information content (AvgIpc) is 3.19. The molecule has 1 amide bonds. The van der Waals surface area contributed by atoms with Crippen molar-refractivity contribution in [2.24, 2.45) is 5.10 Å². The van der Waals surface area contributed by atoms with Gasteiger partial charge in [0.2, 0.25) is 0 Å². The number of carbonyl (C=O) groups is 1. The number of quaternary nitrogens is 1. The number of nitrogens with one attached hydrogen (secondary N) is 1. The number of carbonyl (C=O) groups excluding carboxylic acids is 1. The number of amides is 1. The van der Waals surface area contributed by atoms with Gasteiger partial charge in [0.1, 0.15) is 18.8 Å². The molecule has 2 heterocycles. The molecular weight excluding hydrogens is 523 g/mol. The van der Waals surface area contributed by atoms with Crippen LogP contribution in [0.25, 0.3) is 0 Å². The minimum atomic E-state index is -3.81. The topological polar surface area (TPSA) is 88.1 Å². The van der Waals surface area contributed by atoms with Gasteiger partial charge >= 0.3 is 16.0 Å². The quantitative estimate of drug-likeness (QED) is 0.522. The van der Waals surface area contributed by atoms with Gasteiger partial charge in [0, 0.05) is 29.3 Å². The van der Waals surface area contributed by atoms with Crippen molar-refractivity contribution in [3.63, 3.8) is 0 Å². The second-order valence-electron chi connectivity index (χ2n) is 8.38. The van der Waals surface area contributed by atoms with Crippen molar-refractivity contribution in [1.82, 2.24) is 5.43 Å². The molecule has 2 aliphatic heterocycles. The van der Waals surface area contributed by atoms with Crippen LogP contribution in [0.5, 0.6) is 0 Å². The molecule has 0 bridgehead atoms. The fourth-order valence-electron chi connectivity index (χ4n) is 4.22. The summed E-state index contributed by atoms with van der Waals surface area (Å²) in [7, 11) is -3.81. The molecule has 2 aromatic rings. The monoisotopic (exact) mass is 545 g/mol. The summed E-state index contributed by atoms with van der Waals surface area (Å²) in [6.45, 7) is 0.693. The van der Waals surface area contributed by atoms with E-state index in [1.807, 2.05) is 12.1 Å². The number of hydroxylamine groups is 2. The normalized spacial score (nSPS) is 20.2. The molecule has 34 heavy (non-hydrogen) atoms. The van der Waals surface area contributed by atoms with Crippen LogP contribution in [0.3, 0.4) is 0 Å². The lowest BCUT2D eigenvalue weighted by molar-refractivity contribution is -1.11. The standard InChI is InChI=1S/C22H23Cl3N4O4S/c1-34(31,32)33-29(11-3-2-4-12-29)27-22(30)19-14-21(15-5-7-16(23)8-6-15)28(26-19)20-10-9-17(24)13-18(20)25/h5-10,13,21H,2-4,11-12,14H2,1H3/p+1. The maximum Gasteiger partial charge on any atom is 0.315 e. The Morgan fingerprint density at radius 3 is 2.32 bits per heavy atom. The molecule has 2 aromatic carbocycles. The summed E-state index contributed by atoms with van der Waals surface area (Å²) in [5, 5.41) is 7.71. The number of nitrogens with zero attached hydrogens (tertiary/aromatic N) is 3. The van der Waals surface area contributed by atoms with Crippen molar-refractivity contribution in [2.75, 3.05) is 24.4 Å². The molecule has 1 unspecified atom stereocenters. The minimum Gasteiger partial charge on any atom is -0.263 e. The molecular formula is C22H24Cl3N4O4S+. The molecule has 0 radical (unpaired) electrons. The zero-order valence-electron chi connectivity index (χ0n) is 18.4. The maximum absolute atomic E-state index is 13.3. The lowest BCUT2D eigenvalue weighted by Crippen LogP contribution is -2.63. The van der Waals surface area contributed by atoms with Crippen LogP contribution in [0.2, 0.25) is 15.1 Å². The van der Waals surface area contributed by atoms with Crippen LogP contribution >= 0.6 is 34.8 Å². The Balaban J connectivity index is 1.66. The lowest BCUT2D eigenvalue weighted by atomic mass is 10.0. The van der Waals surface area contributed by atoms with Gasteiger partial charge in [0.05, 0.1) is 23.0 Å². The number of piperidine rings is 1. The van der Waals surface area contributed by atoms with Crippen molar-refractivity contribution in [3.8, 4) is 0 Å². The van der Waals surface area contributed by atoms with Gasteiger partial charge < -0.3 is 0 Å². The smallest absolute Gasteiger partial charge is 0.263 e. The van der Waals surface area contributed by atoms with Crippen LogP contribution in [-0.4, -0.2) is 44.1 Å². The van der Waals surface area contributed by atoms with Crippen molar-refractivity contribution >= 4 is 62.2 Å². The number of anilines is 1. The van der Waals surface area contributed by atoms with Crippen LogP contribution in [0.1, 0.15) is 37.3 Å². The summed E-state index contributed by atoms with van der Waals surface area (Å²) < 4.78 is 28.7. The number of halogens is 3. The zero-order valence-corrected chi connectivity index (χ0v) is 21.5. The molecule has 0 saturated carbocycles. The minimum absolute atomic E-state index is 0.228. The largest absolute Gasteiger partial charge is 0.315 e. The molecule has 1 saturated heterocycles. The van der Waals surface area contributed by atoms with Crippen molar-refractivity contribution in [1.29, 1.82) is 0 Å². The summed E-state index contributed by atoms with van der Waals surface area (Å²) in [6, 6.07) is 12.0. The SMILES string of the molecule is CS(=O)(=O)O[N+]1(NC(=O)C2=NN(c3ccc(Cl)cc3Cl)C(c3ccc(Cl)cc3)C2)CCCCC1. The number of hydrogen-bond donors (Lipinski definition) is 1. The first-order valence-electron chi connectivity index (χ1n) is 10.7. The third-order valence-electron chi connectivity index (χ3n) is 5.71. The van der Waals surface area contributed by atoms with Gasteiger partial charge in [0.15, 0.2) is 0 Å². The molecule has 0 spiro atoms. The fourth-order valence-corrected chi connectivity index (χ4v) is 5.54. The Labute approximate surface area is 213 Å². The first-order chi connectivity index (χ1) is 16.1. The molecule has 1 atom stereocenters. The number of hydrazone groups is 1. The van der Waals surface area contributed by atoms with Gasteiger partial charge in [-0.25, -0.2) is 0 Å². The van der Waals surface area contributed by atoms with E-state index in [-0.39, 0.29) is 18.2 Å². The summed E-state index contributed by atoms with van der Waals surface area (Å²) >= 11 is 18.6. The van der Waals surface area contributed by atoms with E-state index >= 15 is 0 Å². The number of hydrogen-bond acceptors (Lipinski definition) is 6. The summed E-state index contributed by atoms with van der Waals surface area (Å²) in [4.78, 5) is 13.3. The van der Waals surface area contributed by atoms with Gasteiger partial charge in [-0.3, -0.25) is 9.80 Å². The second-order valence-corrected chi connectivity index (χ2v) is 11.2. The Kier molecular flexibility index (Phi) is 7.42. The van der Waals surface area contributed by atoms with E-state index in [0.717, 1.165) is 31.1 Å². The molecule has 12 heteroatoms. The fraction of sp³-hybridized carbons (Fsp3) is 0.364. The van der Waals surface area contributed by atoms with Crippen molar-refractivity contribution in [2.45, 2.75) is 31.7 Å². The van der Waals surface area contributed by atoms with Crippen molar-refractivity contribution < 1.29 is 22.3 Å². The molecule has 0 aliphatic carbocycles. The highest BCUT2D eigenvalue weighted by Crippen LogP contribution is 2.40.